The number of nitrogens with zero attached hydrogens (tertiary/aromatic N) is 1. The third kappa shape index (κ3) is 2.97. The summed E-state index contributed by atoms with van der Waals surface area (Å²) in [6.45, 7) is 1.74. The Kier molecular flexibility index (Phi) is 3.73. The Labute approximate surface area is 124 Å². The van der Waals surface area contributed by atoms with E-state index < -0.39 is 5.97 Å². The first-order valence-corrected chi connectivity index (χ1v) is 7.07. The van der Waals surface area contributed by atoms with E-state index in [1.807, 2.05) is 24.3 Å². The first-order chi connectivity index (χ1) is 10.2. The highest BCUT2D eigenvalue weighted by atomic mass is 16.4. The summed E-state index contributed by atoms with van der Waals surface area (Å²) in [4.78, 5) is 13.3. The monoisotopic (exact) mass is 279 g/mol. The molecular formula is C18H17NO2. The molecule has 3 rings (SSSR count). The van der Waals surface area contributed by atoms with Crippen molar-refractivity contribution in [2.45, 2.75) is 6.42 Å². The Hall–Kier alpha value is -2.55. The lowest BCUT2D eigenvalue weighted by atomic mass is 10.1. The van der Waals surface area contributed by atoms with Crippen LogP contribution < -0.4 is 4.90 Å². The highest BCUT2D eigenvalue weighted by molar-refractivity contribution is 5.89. The van der Waals surface area contributed by atoms with Crippen LogP contribution in [0.15, 0.2) is 54.6 Å². The molecule has 0 atom stereocenters. The molecule has 21 heavy (non-hydrogen) atoms. The van der Waals surface area contributed by atoms with Crippen LogP contribution >= 0.6 is 0 Å². The molecule has 1 aliphatic rings. The molecule has 0 radical (unpaired) electrons. The maximum atomic E-state index is 11.1. The maximum absolute atomic E-state index is 11.1. The number of carboxylic acids is 1. The normalized spacial score (nSPS) is 13.6. The fourth-order valence-corrected chi connectivity index (χ4v) is 2.65. The van der Waals surface area contributed by atoms with Gasteiger partial charge in [0, 0.05) is 18.8 Å². The summed E-state index contributed by atoms with van der Waals surface area (Å²) in [7, 11) is 0. The van der Waals surface area contributed by atoms with Gasteiger partial charge in [-0.1, -0.05) is 48.6 Å². The van der Waals surface area contributed by atoms with E-state index in [4.69, 9.17) is 5.11 Å². The minimum absolute atomic E-state index is 0.354. The van der Waals surface area contributed by atoms with E-state index in [0.29, 0.717) is 5.56 Å². The van der Waals surface area contributed by atoms with E-state index in [1.54, 1.807) is 12.1 Å². The van der Waals surface area contributed by atoms with Gasteiger partial charge >= 0.3 is 5.97 Å². The Bertz CT molecular complexity index is 677. The molecule has 0 saturated carbocycles. The SMILES string of the molecule is O=C(O)c1ccc2c(c1)N(C/C=C/c1ccccc1)CC2. The van der Waals surface area contributed by atoms with Crippen LogP contribution in [0.3, 0.4) is 0 Å². The number of hydrogen-bond donors (Lipinski definition) is 1. The van der Waals surface area contributed by atoms with Gasteiger partial charge in [0.25, 0.3) is 0 Å². The molecule has 0 saturated heterocycles. The van der Waals surface area contributed by atoms with Crippen molar-refractivity contribution >= 4 is 17.7 Å². The van der Waals surface area contributed by atoms with Crippen molar-refractivity contribution in [3.8, 4) is 0 Å². The fourth-order valence-electron chi connectivity index (χ4n) is 2.65. The molecule has 2 aromatic carbocycles. The molecule has 3 nitrogen and oxygen atoms in total. The van der Waals surface area contributed by atoms with Gasteiger partial charge in [0.05, 0.1) is 5.56 Å². The van der Waals surface area contributed by atoms with Gasteiger partial charge in [-0.3, -0.25) is 0 Å². The smallest absolute Gasteiger partial charge is 0.335 e. The zero-order valence-corrected chi connectivity index (χ0v) is 11.7. The molecule has 106 valence electrons. The standard InChI is InChI=1S/C18H17NO2/c20-18(21)16-9-8-15-10-12-19(17(15)13-16)11-4-7-14-5-2-1-3-6-14/h1-9,13H,10-12H2,(H,20,21)/b7-4+. The van der Waals surface area contributed by atoms with Gasteiger partial charge in [0.2, 0.25) is 0 Å². The molecule has 0 bridgehead atoms. The van der Waals surface area contributed by atoms with E-state index >= 15 is 0 Å². The molecule has 0 spiro atoms. The molecule has 0 unspecified atom stereocenters. The topological polar surface area (TPSA) is 40.5 Å². The number of anilines is 1. The summed E-state index contributed by atoms with van der Waals surface area (Å²) in [6.07, 6.45) is 5.20. The molecule has 0 fully saturated rings. The van der Waals surface area contributed by atoms with Gasteiger partial charge < -0.3 is 10.0 Å². The molecule has 0 aliphatic carbocycles. The molecule has 0 amide bonds. The molecule has 1 heterocycles. The van der Waals surface area contributed by atoms with E-state index in [9.17, 15) is 4.79 Å². The van der Waals surface area contributed by atoms with Crippen molar-refractivity contribution in [3.63, 3.8) is 0 Å². The Balaban J connectivity index is 1.73. The van der Waals surface area contributed by atoms with Gasteiger partial charge in [-0.2, -0.15) is 0 Å². The lowest BCUT2D eigenvalue weighted by molar-refractivity contribution is 0.0697. The first kappa shape index (κ1) is 13.4. The number of carbonyl (C=O) groups is 1. The quantitative estimate of drug-likeness (QED) is 0.931. The largest absolute Gasteiger partial charge is 0.478 e. The minimum atomic E-state index is -0.871. The van der Waals surface area contributed by atoms with Crippen LogP contribution in [-0.2, 0) is 6.42 Å². The average Bonchev–Trinajstić information content (AvgIpc) is 2.91. The zero-order valence-electron chi connectivity index (χ0n) is 11.7. The van der Waals surface area contributed by atoms with Crippen molar-refractivity contribution in [3.05, 3.63) is 71.3 Å². The van der Waals surface area contributed by atoms with Crippen LogP contribution in [0.2, 0.25) is 0 Å². The Morgan fingerprint density at radius 2 is 2.00 bits per heavy atom. The van der Waals surface area contributed by atoms with Gasteiger partial charge in [-0.15, -0.1) is 0 Å². The maximum Gasteiger partial charge on any atom is 0.335 e. The lowest BCUT2D eigenvalue weighted by Gasteiger charge is -2.17. The molecule has 1 aliphatic heterocycles. The Morgan fingerprint density at radius 1 is 1.19 bits per heavy atom. The van der Waals surface area contributed by atoms with Crippen molar-refractivity contribution < 1.29 is 9.90 Å². The third-order valence-corrected chi connectivity index (χ3v) is 3.76. The summed E-state index contributed by atoms with van der Waals surface area (Å²) in [5.74, 6) is -0.871. The second-order valence-electron chi connectivity index (χ2n) is 5.16. The van der Waals surface area contributed by atoms with E-state index in [2.05, 4.69) is 29.2 Å². The molecule has 0 aromatic heterocycles. The lowest BCUT2D eigenvalue weighted by Crippen LogP contribution is -2.20. The number of rotatable bonds is 4. The molecule has 1 N–H and O–H groups in total. The average molecular weight is 279 g/mol. The minimum Gasteiger partial charge on any atom is -0.478 e. The highest BCUT2D eigenvalue weighted by Crippen LogP contribution is 2.29. The van der Waals surface area contributed by atoms with E-state index in [1.165, 1.54) is 11.1 Å². The summed E-state index contributed by atoms with van der Waals surface area (Å²) in [5, 5.41) is 9.09. The van der Waals surface area contributed by atoms with Gasteiger partial charge in [-0.05, 0) is 29.7 Å². The molecule has 2 aromatic rings. The third-order valence-electron chi connectivity index (χ3n) is 3.76. The van der Waals surface area contributed by atoms with E-state index in [0.717, 1.165) is 25.2 Å². The van der Waals surface area contributed by atoms with Crippen LogP contribution in [0.1, 0.15) is 21.5 Å². The van der Waals surface area contributed by atoms with Crippen molar-refractivity contribution in [2.75, 3.05) is 18.0 Å². The zero-order chi connectivity index (χ0) is 14.7. The predicted octanol–water partition coefficient (Wildman–Crippen LogP) is 3.46. The van der Waals surface area contributed by atoms with Gasteiger partial charge in [0.15, 0.2) is 0 Å². The summed E-state index contributed by atoms with van der Waals surface area (Å²) < 4.78 is 0. The molecule has 3 heteroatoms. The van der Waals surface area contributed by atoms with Crippen LogP contribution in [0.5, 0.6) is 0 Å². The van der Waals surface area contributed by atoms with Crippen LogP contribution in [0, 0.1) is 0 Å². The second-order valence-corrected chi connectivity index (χ2v) is 5.16. The van der Waals surface area contributed by atoms with Crippen LogP contribution in [0.25, 0.3) is 6.08 Å². The predicted molar refractivity (Wildman–Crippen MR) is 84.8 cm³/mol. The molecular weight excluding hydrogens is 262 g/mol. The highest BCUT2D eigenvalue weighted by Gasteiger charge is 2.19. The number of benzene rings is 2. The number of hydrogen-bond acceptors (Lipinski definition) is 2. The number of aromatic carboxylic acids is 1. The second kappa shape index (κ2) is 5.83. The van der Waals surface area contributed by atoms with Crippen LogP contribution in [0.4, 0.5) is 5.69 Å². The van der Waals surface area contributed by atoms with E-state index in [-0.39, 0.29) is 0 Å². The first-order valence-electron chi connectivity index (χ1n) is 7.07. The summed E-state index contributed by atoms with van der Waals surface area (Å²) >= 11 is 0. The van der Waals surface area contributed by atoms with Crippen molar-refractivity contribution in [1.82, 2.24) is 0 Å². The van der Waals surface area contributed by atoms with Gasteiger partial charge in [0.1, 0.15) is 0 Å². The number of fused-ring (bicyclic) bond motifs is 1. The van der Waals surface area contributed by atoms with Crippen molar-refractivity contribution in [1.29, 1.82) is 0 Å². The Morgan fingerprint density at radius 3 is 2.76 bits per heavy atom. The summed E-state index contributed by atoms with van der Waals surface area (Å²) in [5.41, 5.74) is 3.81. The van der Waals surface area contributed by atoms with Crippen molar-refractivity contribution in [2.24, 2.45) is 0 Å². The fraction of sp³-hybridized carbons (Fsp3) is 0.167. The van der Waals surface area contributed by atoms with Gasteiger partial charge in [-0.25, -0.2) is 4.79 Å². The summed E-state index contributed by atoms with van der Waals surface area (Å²) in [6, 6.07) is 15.6. The number of carboxylic acid groups (broad SMARTS) is 1. The van der Waals surface area contributed by atoms with Crippen LogP contribution in [-0.4, -0.2) is 24.2 Å².